The van der Waals surface area contributed by atoms with Crippen LogP contribution in [0.25, 0.3) is 0 Å². The van der Waals surface area contributed by atoms with Gasteiger partial charge in [-0.25, -0.2) is 4.39 Å². The summed E-state index contributed by atoms with van der Waals surface area (Å²) in [5.74, 6) is -0.0746. The van der Waals surface area contributed by atoms with Gasteiger partial charge in [0.05, 0.1) is 17.7 Å². The Morgan fingerprint density at radius 2 is 2.26 bits per heavy atom. The van der Waals surface area contributed by atoms with Crippen molar-refractivity contribution in [3.8, 4) is 5.75 Å². The molecule has 1 N–H and O–H groups in total. The standard InChI is InChI=1S/C13H16FN3OS/c1-8-13(19-17-16-8)11(15-2)7-9-4-5-12(18-3)10(14)6-9/h4-6,11,15H,7H2,1-3H3. The summed E-state index contributed by atoms with van der Waals surface area (Å²) in [6, 6.07) is 5.12. The molecule has 1 unspecified atom stereocenters. The molecule has 0 aliphatic rings. The van der Waals surface area contributed by atoms with Gasteiger partial charge in [0.2, 0.25) is 0 Å². The van der Waals surface area contributed by atoms with E-state index in [0.29, 0.717) is 6.42 Å². The minimum atomic E-state index is -0.339. The Kier molecular flexibility index (Phi) is 4.44. The van der Waals surface area contributed by atoms with E-state index in [9.17, 15) is 4.39 Å². The number of halogens is 1. The van der Waals surface area contributed by atoms with Crippen LogP contribution in [-0.2, 0) is 6.42 Å². The maximum Gasteiger partial charge on any atom is 0.165 e. The van der Waals surface area contributed by atoms with Gasteiger partial charge in [-0.05, 0) is 49.6 Å². The van der Waals surface area contributed by atoms with Crippen molar-refractivity contribution in [3.63, 3.8) is 0 Å². The Balaban J connectivity index is 2.19. The molecule has 1 aromatic carbocycles. The molecule has 1 aromatic heterocycles. The molecule has 0 fully saturated rings. The van der Waals surface area contributed by atoms with Crippen LogP contribution in [0.4, 0.5) is 4.39 Å². The van der Waals surface area contributed by atoms with E-state index in [1.54, 1.807) is 6.07 Å². The van der Waals surface area contributed by atoms with Gasteiger partial charge in [-0.3, -0.25) is 0 Å². The van der Waals surface area contributed by atoms with Crippen LogP contribution in [0.1, 0.15) is 22.2 Å². The van der Waals surface area contributed by atoms with Gasteiger partial charge < -0.3 is 10.1 Å². The van der Waals surface area contributed by atoms with Gasteiger partial charge in [0.1, 0.15) is 0 Å². The maximum atomic E-state index is 13.7. The summed E-state index contributed by atoms with van der Waals surface area (Å²) in [4.78, 5) is 1.08. The predicted molar refractivity (Wildman–Crippen MR) is 73.1 cm³/mol. The number of aromatic nitrogens is 2. The molecule has 1 heterocycles. The number of methoxy groups -OCH3 is 1. The first-order chi connectivity index (χ1) is 9.15. The second-order valence-corrected chi connectivity index (χ2v) is 5.02. The highest BCUT2D eigenvalue weighted by Crippen LogP contribution is 2.25. The van der Waals surface area contributed by atoms with Crippen LogP contribution in [0.2, 0.25) is 0 Å². The minimum absolute atomic E-state index is 0.0906. The first kappa shape index (κ1) is 13.9. The molecule has 0 aliphatic heterocycles. The molecule has 0 amide bonds. The molecule has 2 rings (SSSR count). The van der Waals surface area contributed by atoms with E-state index < -0.39 is 0 Å². The van der Waals surface area contributed by atoms with Crippen molar-refractivity contribution in [1.82, 2.24) is 14.9 Å². The van der Waals surface area contributed by atoms with Crippen molar-refractivity contribution in [3.05, 3.63) is 40.2 Å². The Morgan fingerprint density at radius 3 is 2.79 bits per heavy atom. The van der Waals surface area contributed by atoms with E-state index in [1.165, 1.54) is 24.7 Å². The number of aryl methyl sites for hydroxylation is 1. The number of hydrogen-bond acceptors (Lipinski definition) is 5. The molecule has 2 aromatic rings. The van der Waals surface area contributed by atoms with Gasteiger partial charge in [-0.15, -0.1) is 5.10 Å². The molecular weight excluding hydrogens is 265 g/mol. The molecule has 6 heteroatoms. The average Bonchev–Trinajstić information content (AvgIpc) is 2.82. The fourth-order valence-electron chi connectivity index (χ4n) is 1.96. The van der Waals surface area contributed by atoms with E-state index in [4.69, 9.17) is 4.74 Å². The summed E-state index contributed by atoms with van der Waals surface area (Å²) in [5, 5.41) is 7.23. The molecule has 0 spiro atoms. The highest BCUT2D eigenvalue weighted by molar-refractivity contribution is 7.05. The summed E-state index contributed by atoms with van der Waals surface area (Å²) in [6.07, 6.45) is 0.683. The quantitative estimate of drug-likeness (QED) is 0.914. The highest BCUT2D eigenvalue weighted by atomic mass is 32.1. The zero-order valence-corrected chi connectivity index (χ0v) is 11.9. The summed E-state index contributed by atoms with van der Waals surface area (Å²) >= 11 is 1.37. The molecule has 4 nitrogen and oxygen atoms in total. The summed E-state index contributed by atoms with van der Waals surface area (Å²) < 4.78 is 22.5. The van der Waals surface area contributed by atoms with Crippen molar-refractivity contribution < 1.29 is 9.13 Å². The minimum Gasteiger partial charge on any atom is -0.494 e. The van der Waals surface area contributed by atoms with Gasteiger partial charge in [0, 0.05) is 6.04 Å². The van der Waals surface area contributed by atoms with E-state index >= 15 is 0 Å². The first-order valence-electron chi connectivity index (χ1n) is 5.94. The zero-order valence-electron chi connectivity index (χ0n) is 11.1. The molecule has 102 valence electrons. The van der Waals surface area contributed by atoms with Crippen LogP contribution in [0, 0.1) is 12.7 Å². The van der Waals surface area contributed by atoms with Gasteiger partial charge in [-0.2, -0.15) is 0 Å². The second kappa shape index (κ2) is 6.08. The van der Waals surface area contributed by atoms with Gasteiger partial charge in [-0.1, -0.05) is 10.6 Å². The average molecular weight is 281 g/mol. The lowest BCUT2D eigenvalue weighted by molar-refractivity contribution is 0.386. The SMILES string of the molecule is CNC(Cc1ccc(OC)c(F)c1)c1snnc1C. The van der Waals surface area contributed by atoms with Crippen molar-refractivity contribution >= 4 is 11.5 Å². The smallest absolute Gasteiger partial charge is 0.165 e. The number of hydrogen-bond donors (Lipinski definition) is 1. The number of likely N-dealkylation sites (N-methyl/N-ethyl adjacent to an activating group) is 1. The molecule has 0 saturated carbocycles. The molecule has 0 bridgehead atoms. The van der Waals surface area contributed by atoms with Crippen LogP contribution >= 0.6 is 11.5 Å². The number of ether oxygens (including phenoxy) is 1. The summed E-state index contributed by atoms with van der Waals surface area (Å²) in [6.45, 7) is 1.93. The molecule has 0 saturated heterocycles. The lowest BCUT2D eigenvalue weighted by Crippen LogP contribution is -2.18. The normalized spacial score (nSPS) is 12.4. The van der Waals surface area contributed by atoms with Gasteiger partial charge >= 0.3 is 0 Å². The zero-order chi connectivity index (χ0) is 13.8. The number of nitrogens with one attached hydrogen (secondary N) is 1. The summed E-state index contributed by atoms with van der Waals surface area (Å²) in [5.41, 5.74) is 1.82. The van der Waals surface area contributed by atoms with Crippen LogP contribution in [0.5, 0.6) is 5.75 Å². The van der Waals surface area contributed by atoms with E-state index in [-0.39, 0.29) is 17.6 Å². The third-order valence-corrected chi connectivity index (χ3v) is 3.95. The number of rotatable bonds is 5. The van der Waals surface area contributed by atoms with Crippen LogP contribution < -0.4 is 10.1 Å². The maximum absolute atomic E-state index is 13.7. The number of nitrogens with zero attached hydrogens (tertiary/aromatic N) is 2. The van der Waals surface area contributed by atoms with Gasteiger partial charge in [0.25, 0.3) is 0 Å². The Hall–Kier alpha value is -1.53. The fraction of sp³-hybridized carbons (Fsp3) is 0.385. The van der Waals surface area contributed by atoms with Crippen LogP contribution in [0.15, 0.2) is 18.2 Å². The van der Waals surface area contributed by atoms with Crippen molar-refractivity contribution in [1.29, 1.82) is 0 Å². The van der Waals surface area contributed by atoms with E-state index in [0.717, 1.165) is 16.1 Å². The topological polar surface area (TPSA) is 47.0 Å². The van der Waals surface area contributed by atoms with Crippen molar-refractivity contribution in [2.24, 2.45) is 0 Å². The Labute approximate surface area is 115 Å². The largest absolute Gasteiger partial charge is 0.494 e. The highest BCUT2D eigenvalue weighted by Gasteiger charge is 2.16. The van der Waals surface area contributed by atoms with E-state index in [1.807, 2.05) is 20.0 Å². The lowest BCUT2D eigenvalue weighted by atomic mass is 10.0. The molecular formula is C13H16FN3OS. The fourth-order valence-corrected chi connectivity index (χ4v) is 2.71. The molecule has 1 atom stereocenters. The Bertz CT molecular complexity index is 559. The van der Waals surface area contributed by atoms with Crippen molar-refractivity contribution in [2.75, 3.05) is 14.2 Å². The lowest BCUT2D eigenvalue weighted by Gasteiger charge is -2.15. The molecule has 0 aliphatic carbocycles. The Morgan fingerprint density at radius 1 is 1.47 bits per heavy atom. The number of benzene rings is 1. The second-order valence-electron chi connectivity index (χ2n) is 4.24. The van der Waals surface area contributed by atoms with Gasteiger partial charge in [0.15, 0.2) is 11.6 Å². The first-order valence-corrected chi connectivity index (χ1v) is 6.71. The third-order valence-electron chi connectivity index (χ3n) is 3.01. The van der Waals surface area contributed by atoms with E-state index in [2.05, 4.69) is 14.9 Å². The summed E-state index contributed by atoms with van der Waals surface area (Å²) in [7, 11) is 3.34. The predicted octanol–water partition coefficient (Wildman–Crippen LogP) is 2.50. The molecule has 0 radical (unpaired) electrons. The van der Waals surface area contributed by atoms with Crippen LogP contribution in [0.3, 0.4) is 0 Å². The monoisotopic (exact) mass is 281 g/mol. The van der Waals surface area contributed by atoms with Crippen LogP contribution in [-0.4, -0.2) is 23.7 Å². The third kappa shape index (κ3) is 3.08. The van der Waals surface area contributed by atoms with Crippen molar-refractivity contribution in [2.45, 2.75) is 19.4 Å². The molecule has 19 heavy (non-hydrogen) atoms.